The lowest BCUT2D eigenvalue weighted by atomic mass is 10.2. The molecule has 2 aromatic rings. The minimum atomic E-state index is -3.71. The number of methoxy groups -OCH3 is 2. The molecule has 1 aliphatic rings. The maximum Gasteiger partial charge on any atom is 0.240 e. The number of nitrogens with one attached hydrogen (secondary N) is 2. The van der Waals surface area contributed by atoms with Gasteiger partial charge in [0.2, 0.25) is 10.0 Å². The van der Waals surface area contributed by atoms with E-state index >= 15 is 0 Å². The molecule has 9 heteroatoms. The van der Waals surface area contributed by atoms with Crippen LogP contribution in [0.3, 0.4) is 0 Å². The van der Waals surface area contributed by atoms with E-state index in [4.69, 9.17) is 18.6 Å². The SMILES string of the molecule is COc1ccc(S(=O)(=O)NC[C@@H](c2ccco2)[NH+]2CCOCC2)cc1OC. The molecular formula is C18H25N2O6S+. The number of quaternary nitrogens is 1. The molecule has 1 saturated heterocycles. The molecule has 0 aliphatic carbocycles. The zero-order valence-corrected chi connectivity index (χ0v) is 16.3. The van der Waals surface area contributed by atoms with Gasteiger partial charge in [0.05, 0.1) is 45.1 Å². The number of morpholine rings is 1. The van der Waals surface area contributed by atoms with Gasteiger partial charge in [-0.2, -0.15) is 0 Å². The van der Waals surface area contributed by atoms with Crippen LogP contribution in [-0.4, -0.2) is 55.5 Å². The number of ether oxygens (including phenoxy) is 3. The van der Waals surface area contributed by atoms with Crippen molar-refractivity contribution in [3.63, 3.8) is 0 Å². The molecule has 1 aromatic heterocycles. The molecule has 0 bridgehead atoms. The van der Waals surface area contributed by atoms with Gasteiger partial charge in [-0.15, -0.1) is 0 Å². The highest BCUT2D eigenvalue weighted by Gasteiger charge is 2.30. The van der Waals surface area contributed by atoms with Crippen LogP contribution >= 0.6 is 0 Å². The molecule has 3 rings (SSSR count). The fraction of sp³-hybridized carbons (Fsp3) is 0.444. The van der Waals surface area contributed by atoms with Crippen molar-refractivity contribution >= 4 is 10.0 Å². The molecule has 8 nitrogen and oxygen atoms in total. The predicted octanol–water partition coefficient (Wildman–Crippen LogP) is 0.232. The summed E-state index contributed by atoms with van der Waals surface area (Å²) < 4.78 is 49.6. The normalized spacial score (nSPS) is 16.8. The number of benzene rings is 1. The van der Waals surface area contributed by atoms with E-state index in [-0.39, 0.29) is 17.5 Å². The summed E-state index contributed by atoms with van der Waals surface area (Å²) in [4.78, 5) is 1.35. The van der Waals surface area contributed by atoms with Crippen molar-refractivity contribution in [1.82, 2.24) is 4.72 Å². The standard InChI is InChI=1S/C18H24N2O6S/c1-23-17-6-5-14(12-18(17)24-2)27(21,22)19-13-15(16-4-3-9-26-16)20-7-10-25-11-8-20/h3-6,9,12,15,19H,7-8,10-11,13H2,1-2H3/p+1/t15-/m0/s1. The highest BCUT2D eigenvalue weighted by molar-refractivity contribution is 7.89. The van der Waals surface area contributed by atoms with Gasteiger partial charge in [0, 0.05) is 6.07 Å². The summed E-state index contributed by atoms with van der Waals surface area (Å²) in [5.41, 5.74) is 0. The lowest BCUT2D eigenvalue weighted by molar-refractivity contribution is -0.938. The molecule has 0 spiro atoms. The van der Waals surface area contributed by atoms with Gasteiger partial charge in [-0.05, 0) is 24.3 Å². The molecule has 2 heterocycles. The summed E-state index contributed by atoms with van der Waals surface area (Å²) in [7, 11) is -0.742. The minimum Gasteiger partial charge on any atom is -0.493 e. The second kappa shape index (κ2) is 8.75. The number of hydrogen-bond acceptors (Lipinski definition) is 6. The van der Waals surface area contributed by atoms with Crippen molar-refractivity contribution in [2.24, 2.45) is 0 Å². The second-order valence-electron chi connectivity index (χ2n) is 6.21. The van der Waals surface area contributed by atoms with Crippen LogP contribution < -0.4 is 19.1 Å². The van der Waals surface area contributed by atoms with Crippen LogP contribution in [0.4, 0.5) is 0 Å². The van der Waals surface area contributed by atoms with Crippen LogP contribution in [0.15, 0.2) is 45.9 Å². The van der Waals surface area contributed by atoms with Gasteiger partial charge in [0.25, 0.3) is 0 Å². The van der Waals surface area contributed by atoms with Crippen LogP contribution in [0.25, 0.3) is 0 Å². The van der Waals surface area contributed by atoms with E-state index in [1.54, 1.807) is 12.3 Å². The minimum absolute atomic E-state index is 0.121. The Hall–Kier alpha value is -2.07. The summed E-state index contributed by atoms with van der Waals surface area (Å²) in [6, 6.07) is 8.07. The van der Waals surface area contributed by atoms with Crippen molar-refractivity contribution in [3.05, 3.63) is 42.4 Å². The fourth-order valence-electron chi connectivity index (χ4n) is 3.18. The van der Waals surface area contributed by atoms with E-state index < -0.39 is 10.0 Å². The first-order valence-corrected chi connectivity index (χ1v) is 10.2. The fourth-order valence-corrected chi connectivity index (χ4v) is 4.24. The zero-order valence-electron chi connectivity index (χ0n) is 15.4. The van der Waals surface area contributed by atoms with Gasteiger partial charge in [0.1, 0.15) is 13.1 Å². The third-order valence-electron chi connectivity index (χ3n) is 4.66. The lowest BCUT2D eigenvalue weighted by Gasteiger charge is -2.30. The van der Waals surface area contributed by atoms with Crippen LogP contribution in [0.2, 0.25) is 0 Å². The van der Waals surface area contributed by atoms with Crippen LogP contribution in [-0.2, 0) is 14.8 Å². The van der Waals surface area contributed by atoms with Crippen molar-refractivity contribution in [2.45, 2.75) is 10.9 Å². The number of furan rings is 1. The Kier molecular flexibility index (Phi) is 6.38. The highest BCUT2D eigenvalue weighted by atomic mass is 32.2. The average Bonchev–Trinajstić information content (AvgIpc) is 3.22. The molecule has 2 N–H and O–H groups in total. The van der Waals surface area contributed by atoms with E-state index in [1.807, 2.05) is 12.1 Å². The number of hydrogen-bond donors (Lipinski definition) is 2. The van der Waals surface area contributed by atoms with E-state index in [0.717, 1.165) is 18.8 Å². The Morgan fingerprint density at radius 2 is 1.89 bits per heavy atom. The Balaban J connectivity index is 1.77. The highest BCUT2D eigenvalue weighted by Crippen LogP contribution is 2.29. The van der Waals surface area contributed by atoms with E-state index in [2.05, 4.69) is 4.72 Å². The summed E-state index contributed by atoms with van der Waals surface area (Å²) in [6.45, 7) is 3.11. The number of sulfonamides is 1. The molecule has 0 radical (unpaired) electrons. The van der Waals surface area contributed by atoms with Crippen molar-refractivity contribution in [3.8, 4) is 11.5 Å². The first kappa shape index (κ1) is 19.7. The Labute approximate surface area is 159 Å². The van der Waals surface area contributed by atoms with Crippen LogP contribution in [0.5, 0.6) is 11.5 Å². The Bertz CT molecular complexity index is 832. The van der Waals surface area contributed by atoms with Crippen LogP contribution in [0.1, 0.15) is 11.8 Å². The Morgan fingerprint density at radius 1 is 1.15 bits per heavy atom. The molecule has 1 aliphatic heterocycles. The first-order chi connectivity index (χ1) is 13.0. The quantitative estimate of drug-likeness (QED) is 0.663. The predicted molar refractivity (Wildman–Crippen MR) is 97.7 cm³/mol. The van der Waals surface area contributed by atoms with Gasteiger partial charge in [-0.25, -0.2) is 13.1 Å². The molecule has 1 atom stereocenters. The summed E-state index contributed by atoms with van der Waals surface area (Å²) >= 11 is 0. The molecule has 1 aromatic carbocycles. The average molecular weight is 397 g/mol. The number of rotatable bonds is 8. The van der Waals surface area contributed by atoms with E-state index in [9.17, 15) is 8.42 Å². The maximum absolute atomic E-state index is 12.8. The van der Waals surface area contributed by atoms with Gasteiger partial charge in [-0.1, -0.05) is 0 Å². The summed E-state index contributed by atoms with van der Waals surface area (Å²) in [6.07, 6.45) is 1.60. The van der Waals surface area contributed by atoms with Crippen molar-refractivity contribution in [1.29, 1.82) is 0 Å². The van der Waals surface area contributed by atoms with Crippen LogP contribution in [0, 0.1) is 0 Å². The smallest absolute Gasteiger partial charge is 0.240 e. The Morgan fingerprint density at radius 3 is 2.52 bits per heavy atom. The lowest BCUT2D eigenvalue weighted by Crippen LogP contribution is -3.15. The summed E-state index contributed by atoms with van der Waals surface area (Å²) in [5.74, 6) is 1.59. The third-order valence-corrected chi connectivity index (χ3v) is 6.08. The van der Waals surface area contributed by atoms with Crippen molar-refractivity contribution in [2.75, 3.05) is 47.1 Å². The molecule has 0 saturated carbocycles. The van der Waals surface area contributed by atoms with Crippen molar-refractivity contribution < 1.29 is 31.9 Å². The molecular weight excluding hydrogens is 372 g/mol. The monoisotopic (exact) mass is 397 g/mol. The summed E-state index contributed by atoms with van der Waals surface area (Å²) in [5, 5.41) is 0. The zero-order chi connectivity index (χ0) is 19.3. The maximum atomic E-state index is 12.8. The topological polar surface area (TPSA) is 91.4 Å². The van der Waals surface area contributed by atoms with Gasteiger partial charge in [0.15, 0.2) is 23.3 Å². The van der Waals surface area contributed by atoms with E-state index in [0.29, 0.717) is 24.7 Å². The first-order valence-electron chi connectivity index (χ1n) is 8.72. The van der Waals surface area contributed by atoms with Gasteiger partial charge in [-0.3, -0.25) is 0 Å². The molecule has 0 unspecified atom stereocenters. The van der Waals surface area contributed by atoms with E-state index in [1.165, 1.54) is 31.3 Å². The van der Waals surface area contributed by atoms with Gasteiger partial charge < -0.3 is 23.5 Å². The van der Waals surface area contributed by atoms with Gasteiger partial charge >= 0.3 is 0 Å². The largest absolute Gasteiger partial charge is 0.493 e. The molecule has 148 valence electrons. The molecule has 0 amide bonds. The third kappa shape index (κ3) is 4.62. The second-order valence-corrected chi connectivity index (χ2v) is 7.97. The molecule has 1 fully saturated rings. The molecule has 27 heavy (non-hydrogen) atoms.